The summed E-state index contributed by atoms with van der Waals surface area (Å²) < 4.78 is 3.99. The van der Waals surface area contributed by atoms with E-state index in [1.54, 1.807) is 12.4 Å². The Morgan fingerprint density at radius 1 is 1.14 bits per heavy atom. The van der Waals surface area contributed by atoms with Crippen molar-refractivity contribution < 1.29 is 9.59 Å². The molecule has 2 aromatic heterocycles. The number of likely N-dealkylation sites (tertiary alicyclic amines) is 1. The third-order valence-corrected chi connectivity index (χ3v) is 5.58. The third kappa shape index (κ3) is 3.40. The lowest BCUT2D eigenvalue weighted by atomic mass is 9.95. The lowest BCUT2D eigenvalue weighted by Gasteiger charge is -2.32. The molecule has 28 heavy (non-hydrogen) atoms. The molecule has 2 N–H and O–H groups in total. The molecule has 1 aromatic carbocycles. The topological polar surface area (TPSA) is 86.2 Å². The lowest BCUT2D eigenvalue weighted by molar-refractivity contribution is -0.118. The highest BCUT2D eigenvalue weighted by Crippen LogP contribution is 2.28. The van der Waals surface area contributed by atoms with Crippen molar-refractivity contribution in [2.45, 2.75) is 38.8 Å². The molecule has 0 unspecified atom stereocenters. The molecule has 3 heterocycles. The van der Waals surface area contributed by atoms with E-state index in [1.165, 1.54) is 0 Å². The predicted molar refractivity (Wildman–Crippen MR) is 107 cm³/mol. The Hall–Kier alpha value is -3.09. The van der Waals surface area contributed by atoms with Crippen molar-refractivity contribution in [1.29, 1.82) is 0 Å². The average molecular weight is 379 g/mol. The summed E-state index contributed by atoms with van der Waals surface area (Å²) in [5.41, 5.74) is 7.20. The number of fused-ring (bicyclic) bond motifs is 1. The molecule has 1 aliphatic rings. The Kier molecular flexibility index (Phi) is 4.90. The molecule has 2 amide bonds. The number of nitrogens with two attached hydrogens (primary N) is 1. The van der Waals surface area contributed by atoms with Gasteiger partial charge in [-0.15, -0.1) is 0 Å². The van der Waals surface area contributed by atoms with Gasteiger partial charge in [-0.1, -0.05) is 0 Å². The molecule has 0 spiro atoms. The molecule has 0 radical (unpaired) electrons. The molecule has 0 atom stereocenters. The van der Waals surface area contributed by atoms with Crippen molar-refractivity contribution in [3.05, 3.63) is 54.2 Å². The molecular weight excluding hydrogens is 354 g/mol. The minimum absolute atomic E-state index is 0.0741. The molecule has 1 aliphatic heterocycles. The van der Waals surface area contributed by atoms with Crippen molar-refractivity contribution in [3.8, 4) is 0 Å². The first-order chi connectivity index (χ1) is 13.6. The number of aryl methyl sites for hydroxylation is 1. The van der Waals surface area contributed by atoms with E-state index >= 15 is 0 Å². The number of imidazole rings is 1. The number of benzene rings is 1. The lowest BCUT2D eigenvalue weighted by Crippen LogP contribution is -2.38. The van der Waals surface area contributed by atoms with Crippen LogP contribution >= 0.6 is 0 Å². The minimum Gasteiger partial charge on any atom is -0.368 e. The van der Waals surface area contributed by atoms with Crippen LogP contribution in [0.25, 0.3) is 10.9 Å². The molecule has 146 valence electrons. The Labute approximate surface area is 163 Å². The maximum Gasteiger partial charge on any atom is 0.253 e. The fourth-order valence-corrected chi connectivity index (χ4v) is 4.11. The number of carbonyl (C=O) groups excluding carboxylic acids is 2. The molecule has 7 nitrogen and oxygen atoms in total. The second kappa shape index (κ2) is 7.50. The second-order valence-electron chi connectivity index (χ2n) is 7.32. The molecule has 4 rings (SSSR count). The Bertz CT molecular complexity index is 1010. The summed E-state index contributed by atoms with van der Waals surface area (Å²) in [6.07, 6.45) is 7.20. The predicted octanol–water partition coefficient (Wildman–Crippen LogP) is 2.36. The number of amides is 2. The van der Waals surface area contributed by atoms with E-state index < -0.39 is 0 Å². The number of carbonyl (C=O) groups is 2. The van der Waals surface area contributed by atoms with E-state index in [1.807, 2.05) is 27.7 Å². The molecular formula is C21H25N5O2. The summed E-state index contributed by atoms with van der Waals surface area (Å²) in [5, 5.41) is 1.09. The van der Waals surface area contributed by atoms with Gasteiger partial charge in [0.05, 0.1) is 0 Å². The smallest absolute Gasteiger partial charge is 0.253 e. The molecule has 7 heteroatoms. The minimum atomic E-state index is -0.376. The van der Waals surface area contributed by atoms with Gasteiger partial charge in [0.1, 0.15) is 12.4 Å². The first-order valence-electron chi connectivity index (χ1n) is 9.74. The van der Waals surface area contributed by atoms with Gasteiger partial charge >= 0.3 is 0 Å². The number of piperidine rings is 1. The van der Waals surface area contributed by atoms with Crippen molar-refractivity contribution >= 4 is 22.7 Å². The number of primary amides is 1. The van der Waals surface area contributed by atoms with Gasteiger partial charge in [0.2, 0.25) is 5.91 Å². The van der Waals surface area contributed by atoms with Crippen LogP contribution < -0.4 is 5.73 Å². The van der Waals surface area contributed by atoms with Crippen LogP contribution in [0.1, 0.15) is 41.9 Å². The summed E-state index contributed by atoms with van der Waals surface area (Å²) in [4.78, 5) is 30.5. The van der Waals surface area contributed by atoms with Gasteiger partial charge in [-0.25, -0.2) is 4.98 Å². The van der Waals surface area contributed by atoms with Crippen molar-refractivity contribution in [2.24, 2.45) is 5.73 Å². The highest BCUT2D eigenvalue weighted by atomic mass is 16.2. The standard InChI is InChI=1S/C21H25N5O2/c1-2-24-9-7-16-13-17(3-4-18(16)24)21(28)25-10-5-15(6-11-25)20-23-8-12-26(20)14-19(22)27/h3-4,7-9,12-13,15H,2,5-6,10-11,14H2,1H3,(H2,22,27). The second-order valence-corrected chi connectivity index (χ2v) is 7.32. The first-order valence-corrected chi connectivity index (χ1v) is 9.74. The zero-order valence-electron chi connectivity index (χ0n) is 16.0. The Morgan fingerprint density at radius 2 is 1.93 bits per heavy atom. The summed E-state index contributed by atoms with van der Waals surface area (Å²) in [7, 11) is 0. The van der Waals surface area contributed by atoms with Crippen LogP contribution in [0, 0.1) is 0 Å². The quantitative estimate of drug-likeness (QED) is 0.738. The van der Waals surface area contributed by atoms with Crippen LogP contribution in [0.4, 0.5) is 0 Å². The average Bonchev–Trinajstić information content (AvgIpc) is 3.33. The van der Waals surface area contributed by atoms with Gasteiger partial charge in [-0.05, 0) is 44.0 Å². The number of aromatic nitrogens is 3. The van der Waals surface area contributed by atoms with E-state index in [-0.39, 0.29) is 24.3 Å². The summed E-state index contributed by atoms with van der Waals surface area (Å²) in [6, 6.07) is 7.98. The van der Waals surface area contributed by atoms with E-state index in [4.69, 9.17) is 5.73 Å². The highest BCUT2D eigenvalue weighted by molar-refractivity contribution is 5.98. The van der Waals surface area contributed by atoms with Crippen molar-refractivity contribution in [3.63, 3.8) is 0 Å². The van der Waals surface area contributed by atoms with Crippen LogP contribution in [0.3, 0.4) is 0 Å². The Morgan fingerprint density at radius 3 is 2.64 bits per heavy atom. The van der Waals surface area contributed by atoms with Gasteiger partial charge in [-0.2, -0.15) is 0 Å². The van der Waals surface area contributed by atoms with Crippen molar-refractivity contribution in [2.75, 3.05) is 13.1 Å². The highest BCUT2D eigenvalue weighted by Gasteiger charge is 2.27. The zero-order chi connectivity index (χ0) is 19.7. The fraction of sp³-hybridized carbons (Fsp3) is 0.381. The third-order valence-electron chi connectivity index (χ3n) is 5.58. The normalized spacial score (nSPS) is 15.2. The van der Waals surface area contributed by atoms with Gasteiger partial charge in [-0.3, -0.25) is 9.59 Å². The summed E-state index contributed by atoms with van der Waals surface area (Å²) in [5.74, 6) is 0.817. The number of nitrogens with zero attached hydrogens (tertiary/aromatic N) is 4. The molecule has 1 saturated heterocycles. The molecule has 0 aliphatic carbocycles. The van der Waals surface area contributed by atoms with Gasteiger partial charge in [0.15, 0.2) is 0 Å². The van der Waals surface area contributed by atoms with Crippen LogP contribution in [0.2, 0.25) is 0 Å². The van der Waals surface area contributed by atoms with Gasteiger partial charge in [0.25, 0.3) is 5.91 Å². The molecule has 0 bridgehead atoms. The number of rotatable bonds is 5. The van der Waals surface area contributed by atoms with E-state index in [0.717, 1.165) is 41.7 Å². The van der Waals surface area contributed by atoms with Crippen LogP contribution in [0.5, 0.6) is 0 Å². The zero-order valence-corrected chi connectivity index (χ0v) is 16.0. The van der Waals surface area contributed by atoms with E-state index in [2.05, 4.69) is 28.7 Å². The summed E-state index contributed by atoms with van der Waals surface area (Å²) in [6.45, 7) is 4.53. The SMILES string of the molecule is CCn1ccc2cc(C(=O)N3CCC(c4nccn4CC(N)=O)CC3)ccc21. The van der Waals surface area contributed by atoms with E-state index in [0.29, 0.717) is 13.1 Å². The maximum atomic E-state index is 13.0. The molecule has 3 aromatic rings. The van der Waals surface area contributed by atoms with Gasteiger partial charge < -0.3 is 19.8 Å². The monoisotopic (exact) mass is 379 g/mol. The summed E-state index contributed by atoms with van der Waals surface area (Å²) >= 11 is 0. The van der Waals surface area contributed by atoms with E-state index in [9.17, 15) is 9.59 Å². The van der Waals surface area contributed by atoms with Gasteiger partial charge in [0, 0.05) is 60.6 Å². The molecule has 1 fully saturated rings. The van der Waals surface area contributed by atoms with Crippen LogP contribution in [0.15, 0.2) is 42.9 Å². The van der Waals surface area contributed by atoms with Crippen LogP contribution in [-0.2, 0) is 17.9 Å². The van der Waals surface area contributed by atoms with Crippen molar-refractivity contribution in [1.82, 2.24) is 19.0 Å². The molecule has 0 saturated carbocycles. The number of hydrogen-bond acceptors (Lipinski definition) is 3. The van der Waals surface area contributed by atoms with Crippen LogP contribution in [-0.4, -0.2) is 43.9 Å². The number of hydrogen-bond donors (Lipinski definition) is 1. The fourth-order valence-electron chi connectivity index (χ4n) is 4.11. The Balaban J connectivity index is 1.44. The largest absolute Gasteiger partial charge is 0.368 e. The maximum absolute atomic E-state index is 13.0. The first kappa shape index (κ1) is 18.3.